The average Bonchev–Trinajstić information content (AvgIpc) is 2.87. The van der Waals surface area contributed by atoms with Crippen molar-refractivity contribution in [3.05, 3.63) is 16.1 Å². The van der Waals surface area contributed by atoms with Gasteiger partial charge in [-0.3, -0.25) is 4.90 Å². The Hall–Kier alpha value is -0.940. The quantitative estimate of drug-likeness (QED) is 0.896. The first-order chi connectivity index (χ1) is 8.06. The van der Waals surface area contributed by atoms with E-state index < -0.39 is 5.97 Å². The Labute approximate surface area is 105 Å². The molecule has 1 fully saturated rings. The van der Waals surface area contributed by atoms with Crippen LogP contribution in [0.2, 0.25) is 0 Å². The molecule has 0 saturated carbocycles. The van der Waals surface area contributed by atoms with Crippen LogP contribution in [0.25, 0.3) is 0 Å². The number of carboxylic acid groups (broad SMARTS) is 1. The third-order valence-electron chi connectivity index (χ3n) is 3.37. The predicted octanol–water partition coefficient (Wildman–Crippen LogP) is 2.32. The van der Waals surface area contributed by atoms with Crippen LogP contribution >= 0.6 is 11.3 Å². The second kappa shape index (κ2) is 5.14. The number of aromatic nitrogens is 1. The number of thiazole rings is 1. The Morgan fingerprint density at radius 1 is 1.71 bits per heavy atom. The lowest BCUT2D eigenvalue weighted by Gasteiger charge is -2.16. The van der Waals surface area contributed by atoms with Crippen molar-refractivity contribution in [3.8, 4) is 0 Å². The monoisotopic (exact) mass is 254 g/mol. The summed E-state index contributed by atoms with van der Waals surface area (Å²) in [6, 6.07) is 0. The number of likely N-dealkylation sites (tertiary alicyclic amines) is 1. The zero-order chi connectivity index (χ0) is 12.4. The molecule has 1 saturated heterocycles. The van der Waals surface area contributed by atoms with Crippen LogP contribution < -0.4 is 0 Å². The third kappa shape index (κ3) is 3.04. The maximum atomic E-state index is 10.7. The molecule has 2 heterocycles. The lowest BCUT2D eigenvalue weighted by Crippen LogP contribution is -2.21. The van der Waals surface area contributed by atoms with Crippen molar-refractivity contribution in [1.29, 1.82) is 0 Å². The molecular formula is C12H18N2O2S. The Bertz CT molecular complexity index is 403. The van der Waals surface area contributed by atoms with E-state index in [2.05, 4.69) is 23.7 Å². The van der Waals surface area contributed by atoms with Crippen LogP contribution in [0, 0.1) is 11.8 Å². The zero-order valence-electron chi connectivity index (χ0n) is 10.2. The van der Waals surface area contributed by atoms with Gasteiger partial charge >= 0.3 is 5.97 Å². The van der Waals surface area contributed by atoms with E-state index in [-0.39, 0.29) is 5.01 Å². The minimum atomic E-state index is -0.928. The van der Waals surface area contributed by atoms with E-state index >= 15 is 0 Å². The minimum absolute atomic E-state index is 0.194. The Morgan fingerprint density at radius 2 is 2.47 bits per heavy atom. The highest BCUT2D eigenvalue weighted by Gasteiger charge is 2.25. The molecule has 17 heavy (non-hydrogen) atoms. The molecule has 0 aromatic carbocycles. The summed E-state index contributed by atoms with van der Waals surface area (Å²) in [7, 11) is 0. The van der Waals surface area contributed by atoms with Gasteiger partial charge in [0.15, 0.2) is 0 Å². The number of carboxylic acids is 1. The molecule has 1 N–H and O–H groups in total. The van der Waals surface area contributed by atoms with Gasteiger partial charge in [-0.25, -0.2) is 9.78 Å². The summed E-state index contributed by atoms with van der Waals surface area (Å²) >= 11 is 1.21. The molecule has 5 heteroatoms. The average molecular weight is 254 g/mol. The van der Waals surface area contributed by atoms with Gasteiger partial charge < -0.3 is 5.11 Å². The van der Waals surface area contributed by atoms with Crippen molar-refractivity contribution in [2.45, 2.75) is 26.8 Å². The van der Waals surface area contributed by atoms with Gasteiger partial charge in [-0.2, -0.15) is 0 Å². The fraction of sp³-hybridized carbons (Fsp3) is 0.667. The molecular weight excluding hydrogens is 236 g/mol. The van der Waals surface area contributed by atoms with E-state index in [1.165, 1.54) is 17.8 Å². The van der Waals surface area contributed by atoms with Gasteiger partial charge in [0.2, 0.25) is 5.01 Å². The van der Waals surface area contributed by atoms with Gasteiger partial charge in [0.25, 0.3) is 0 Å². The fourth-order valence-electron chi connectivity index (χ4n) is 2.26. The van der Waals surface area contributed by atoms with Crippen molar-refractivity contribution < 1.29 is 9.90 Å². The Balaban J connectivity index is 1.91. The first-order valence-corrected chi connectivity index (χ1v) is 6.84. The zero-order valence-corrected chi connectivity index (χ0v) is 11.0. The van der Waals surface area contributed by atoms with Crippen LogP contribution in [-0.4, -0.2) is 34.0 Å². The number of hydrogen-bond acceptors (Lipinski definition) is 4. The van der Waals surface area contributed by atoms with Crippen molar-refractivity contribution in [3.63, 3.8) is 0 Å². The van der Waals surface area contributed by atoms with Crippen molar-refractivity contribution in [2.75, 3.05) is 13.1 Å². The van der Waals surface area contributed by atoms with Gasteiger partial charge in [0, 0.05) is 18.5 Å². The summed E-state index contributed by atoms with van der Waals surface area (Å²) in [6.07, 6.45) is 1.24. The minimum Gasteiger partial charge on any atom is -0.476 e. The second-order valence-electron chi connectivity index (χ2n) is 4.98. The summed E-state index contributed by atoms with van der Waals surface area (Å²) in [5.74, 6) is 0.570. The molecule has 0 aliphatic carbocycles. The van der Waals surface area contributed by atoms with Gasteiger partial charge in [-0.05, 0) is 24.8 Å². The molecule has 1 aliphatic heterocycles. The molecule has 0 radical (unpaired) electrons. The number of aromatic carboxylic acids is 1. The lowest BCUT2D eigenvalue weighted by atomic mass is 9.95. The first-order valence-electron chi connectivity index (χ1n) is 5.96. The van der Waals surface area contributed by atoms with Crippen molar-refractivity contribution in [1.82, 2.24) is 9.88 Å². The van der Waals surface area contributed by atoms with E-state index in [0.717, 1.165) is 37.2 Å². The van der Waals surface area contributed by atoms with Gasteiger partial charge in [0.05, 0.1) is 5.69 Å². The standard InChI is InChI=1S/C12H18N2O2S/c1-8(2)9-3-4-14(5-9)6-10-7-17-11(13-10)12(15)16/h7-9H,3-6H2,1-2H3,(H,15,16). The van der Waals surface area contributed by atoms with E-state index in [1.807, 2.05) is 5.38 Å². The highest BCUT2D eigenvalue weighted by molar-refractivity contribution is 7.11. The highest BCUT2D eigenvalue weighted by atomic mass is 32.1. The first kappa shape index (κ1) is 12.5. The molecule has 1 aromatic rings. The highest BCUT2D eigenvalue weighted by Crippen LogP contribution is 2.25. The largest absolute Gasteiger partial charge is 0.476 e. The molecule has 1 aromatic heterocycles. The number of hydrogen-bond donors (Lipinski definition) is 1. The van der Waals surface area contributed by atoms with E-state index in [4.69, 9.17) is 5.11 Å². The molecule has 1 atom stereocenters. The second-order valence-corrected chi connectivity index (χ2v) is 5.84. The molecule has 0 spiro atoms. The SMILES string of the molecule is CC(C)C1CCN(Cc2csc(C(=O)O)n2)C1. The Kier molecular flexibility index (Phi) is 3.79. The molecule has 0 bridgehead atoms. The van der Waals surface area contributed by atoms with Gasteiger partial charge in [-0.1, -0.05) is 13.8 Å². The normalized spacial score (nSPS) is 21.2. The summed E-state index contributed by atoms with van der Waals surface area (Å²) < 4.78 is 0. The van der Waals surface area contributed by atoms with Crippen molar-refractivity contribution >= 4 is 17.3 Å². The lowest BCUT2D eigenvalue weighted by molar-refractivity contribution is 0.0696. The topological polar surface area (TPSA) is 53.4 Å². The fourth-order valence-corrected chi connectivity index (χ4v) is 2.90. The van der Waals surface area contributed by atoms with Crippen molar-refractivity contribution in [2.24, 2.45) is 11.8 Å². The molecule has 2 rings (SSSR count). The van der Waals surface area contributed by atoms with Crippen LogP contribution in [0.4, 0.5) is 0 Å². The number of carbonyl (C=O) groups is 1. The molecule has 0 amide bonds. The molecule has 1 aliphatic rings. The van der Waals surface area contributed by atoms with Crippen LogP contribution in [-0.2, 0) is 6.54 Å². The number of rotatable bonds is 4. The molecule has 1 unspecified atom stereocenters. The van der Waals surface area contributed by atoms with Crippen LogP contribution in [0.1, 0.15) is 35.8 Å². The van der Waals surface area contributed by atoms with Gasteiger partial charge in [-0.15, -0.1) is 11.3 Å². The maximum absolute atomic E-state index is 10.7. The maximum Gasteiger partial charge on any atom is 0.365 e. The van der Waals surface area contributed by atoms with E-state index in [0.29, 0.717) is 0 Å². The summed E-state index contributed by atoms with van der Waals surface area (Å²) in [5.41, 5.74) is 0.886. The van der Waals surface area contributed by atoms with Crippen LogP contribution in [0.5, 0.6) is 0 Å². The van der Waals surface area contributed by atoms with Gasteiger partial charge in [0.1, 0.15) is 0 Å². The Morgan fingerprint density at radius 3 is 3.00 bits per heavy atom. The van der Waals surface area contributed by atoms with E-state index in [9.17, 15) is 4.79 Å². The predicted molar refractivity (Wildman–Crippen MR) is 67.3 cm³/mol. The summed E-state index contributed by atoms with van der Waals surface area (Å²) in [5, 5.41) is 10.9. The van der Waals surface area contributed by atoms with Crippen LogP contribution in [0.3, 0.4) is 0 Å². The number of nitrogens with zero attached hydrogens (tertiary/aromatic N) is 2. The summed E-state index contributed by atoms with van der Waals surface area (Å²) in [6.45, 7) is 7.52. The smallest absolute Gasteiger partial charge is 0.365 e. The molecule has 94 valence electrons. The van der Waals surface area contributed by atoms with Crippen LogP contribution in [0.15, 0.2) is 5.38 Å². The molecule has 4 nitrogen and oxygen atoms in total. The van der Waals surface area contributed by atoms with E-state index in [1.54, 1.807) is 0 Å². The third-order valence-corrected chi connectivity index (χ3v) is 4.25. The summed E-state index contributed by atoms with van der Waals surface area (Å²) in [4.78, 5) is 17.2.